The van der Waals surface area contributed by atoms with E-state index in [0.717, 1.165) is 17.8 Å². The van der Waals surface area contributed by atoms with E-state index in [-0.39, 0.29) is 0 Å². The van der Waals surface area contributed by atoms with Gasteiger partial charge in [-0.1, -0.05) is 98.8 Å². The maximum absolute atomic E-state index is 2.46. The molecule has 18 heavy (non-hydrogen) atoms. The molecule has 0 spiro atoms. The largest absolute Gasteiger partial charge is 0.0654 e. The third-order valence-corrected chi connectivity index (χ3v) is 4.67. The lowest BCUT2D eigenvalue weighted by atomic mass is 9.90. The maximum atomic E-state index is 2.46. The molecule has 3 atom stereocenters. The second-order valence-corrected chi connectivity index (χ2v) is 6.54. The highest BCUT2D eigenvalue weighted by atomic mass is 14.1. The van der Waals surface area contributed by atoms with Crippen LogP contribution in [0.4, 0.5) is 0 Å². The third kappa shape index (κ3) is 9.97. The number of rotatable bonds is 12. The number of hydrogen-bond donors (Lipinski definition) is 0. The molecule has 0 N–H and O–H groups in total. The molecule has 110 valence electrons. The molecule has 0 aliphatic heterocycles. The summed E-state index contributed by atoms with van der Waals surface area (Å²) < 4.78 is 0. The first kappa shape index (κ1) is 18.0. The molecule has 0 saturated carbocycles. The molecular weight excluding hydrogens is 216 g/mol. The Morgan fingerprint density at radius 3 is 1.67 bits per heavy atom. The van der Waals surface area contributed by atoms with Gasteiger partial charge in [0.25, 0.3) is 0 Å². The average molecular weight is 255 g/mol. The first-order valence-electron chi connectivity index (χ1n) is 8.63. The highest BCUT2D eigenvalue weighted by molar-refractivity contribution is 4.61. The second kappa shape index (κ2) is 12.1. The van der Waals surface area contributed by atoms with Crippen LogP contribution in [0.2, 0.25) is 0 Å². The van der Waals surface area contributed by atoms with Crippen molar-refractivity contribution < 1.29 is 0 Å². The lowest BCUT2D eigenvalue weighted by Crippen LogP contribution is -2.02. The van der Waals surface area contributed by atoms with E-state index in [4.69, 9.17) is 0 Å². The minimum absolute atomic E-state index is 0.936. The normalized spacial score (nSPS) is 16.5. The molecule has 3 unspecified atom stereocenters. The summed E-state index contributed by atoms with van der Waals surface area (Å²) >= 11 is 0. The summed E-state index contributed by atoms with van der Waals surface area (Å²) in [5, 5.41) is 0. The summed E-state index contributed by atoms with van der Waals surface area (Å²) in [7, 11) is 0. The predicted octanol–water partition coefficient (Wildman–Crippen LogP) is 6.84. The smallest absolute Gasteiger partial charge is 0.0417 e. The van der Waals surface area contributed by atoms with Crippen LogP contribution in [0.1, 0.15) is 98.8 Å². The second-order valence-electron chi connectivity index (χ2n) is 6.54. The quantitative estimate of drug-likeness (QED) is 0.358. The molecule has 0 heterocycles. The van der Waals surface area contributed by atoms with Gasteiger partial charge in [-0.05, 0) is 17.8 Å². The predicted molar refractivity (Wildman–Crippen MR) is 85.0 cm³/mol. The van der Waals surface area contributed by atoms with E-state index in [1.807, 2.05) is 0 Å². The van der Waals surface area contributed by atoms with Gasteiger partial charge in [-0.25, -0.2) is 0 Å². The van der Waals surface area contributed by atoms with E-state index in [2.05, 4.69) is 34.6 Å². The molecule has 0 radical (unpaired) electrons. The Bertz CT molecular complexity index is 161. The molecule has 0 aromatic rings. The van der Waals surface area contributed by atoms with Crippen LogP contribution < -0.4 is 0 Å². The highest BCUT2D eigenvalue weighted by Crippen LogP contribution is 2.23. The van der Waals surface area contributed by atoms with E-state index in [1.165, 1.54) is 64.2 Å². The molecule has 0 fully saturated rings. The average Bonchev–Trinajstić information content (AvgIpc) is 2.37. The number of hydrogen-bond acceptors (Lipinski definition) is 0. The molecule has 0 aliphatic carbocycles. The van der Waals surface area contributed by atoms with Gasteiger partial charge in [0.15, 0.2) is 0 Å². The molecule has 0 rings (SSSR count). The Morgan fingerprint density at radius 1 is 0.611 bits per heavy atom. The zero-order valence-electron chi connectivity index (χ0n) is 13.8. The van der Waals surface area contributed by atoms with Crippen LogP contribution in [0.25, 0.3) is 0 Å². The van der Waals surface area contributed by atoms with E-state index in [0.29, 0.717) is 0 Å². The van der Waals surface area contributed by atoms with Gasteiger partial charge in [0.1, 0.15) is 0 Å². The summed E-state index contributed by atoms with van der Waals surface area (Å²) in [6, 6.07) is 0. The van der Waals surface area contributed by atoms with Crippen LogP contribution in [0.5, 0.6) is 0 Å². The molecular formula is C18H38. The van der Waals surface area contributed by atoms with Crippen LogP contribution in [-0.4, -0.2) is 0 Å². The lowest BCUT2D eigenvalue weighted by Gasteiger charge is -2.16. The highest BCUT2D eigenvalue weighted by Gasteiger charge is 2.08. The Kier molecular flexibility index (Phi) is 12.1. The van der Waals surface area contributed by atoms with Crippen molar-refractivity contribution in [3.63, 3.8) is 0 Å². The molecule has 0 bridgehead atoms. The molecule has 0 aromatic heterocycles. The van der Waals surface area contributed by atoms with Crippen molar-refractivity contribution in [2.75, 3.05) is 0 Å². The fraction of sp³-hybridized carbons (Fsp3) is 1.00. The van der Waals surface area contributed by atoms with E-state index >= 15 is 0 Å². The third-order valence-electron chi connectivity index (χ3n) is 4.67. The fourth-order valence-corrected chi connectivity index (χ4v) is 2.88. The molecule has 0 nitrogen and oxygen atoms in total. The van der Waals surface area contributed by atoms with Gasteiger partial charge in [-0.3, -0.25) is 0 Å². The van der Waals surface area contributed by atoms with Crippen LogP contribution >= 0.6 is 0 Å². The SMILES string of the molecule is CCCC(CC)CCCC(C)CCCC(C)CC. The van der Waals surface area contributed by atoms with Crippen LogP contribution in [0.15, 0.2) is 0 Å². The summed E-state index contributed by atoms with van der Waals surface area (Å²) in [6.07, 6.45) is 14.3. The van der Waals surface area contributed by atoms with Gasteiger partial charge < -0.3 is 0 Å². The van der Waals surface area contributed by atoms with Crippen molar-refractivity contribution in [3.8, 4) is 0 Å². The van der Waals surface area contributed by atoms with Crippen molar-refractivity contribution in [1.29, 1.82) is 0 Å². The molecule has 0 saturated heterocycles. The van der Waals surface area contributed by atoms with Crippen LogP contribution in [0, 0.1) is 17.8 Å². The summed E-state index contributed by atoms with van der Waals surface area (Å²) in [4.78, 5) is 0. The van der Waals surface area contributed by atoms with Crippen molar-refractivity contribution >= 4 is 0 Å². The molecule has 0 aliphatic rings. The summed E-state index contributed by atoms with van der Waals surface area (Å²) in [5.74, 6) is 2.89. The molecule has 0 heteroatoms. The van der Waals surface area contributed by atoms with Crippen molar-refractivity contribution in [2.45, 2.75) is 98.8 Å². The van der Waals surface area contributed by atoms with Crippen LogP contribution in [0.3, 0.4) is 0 Å². The van der Waals surface area contributed by atoms with Crippen molar-refractivity contribution in [2.24, 2.45) is 17.8 Å². The van der Waals surface area contributed by atoms with Gasteiger partial charge in [-0.2, -0.15) is 0 Å². The van der Waals surface area contributed by atoms with Crippen LogP contribution in [-0.2, 0) is 0 Å². The van der Waals surface area contributed by atoms with E-state index in [1.54, 1.807) is 0 Å². The Labute approximate surface area is 117 Å². The van der Waals surface area contributed by atoms with Gasteiger partial charge in [-0.15, -0.1) is 0 Å². The minimum atomic E-state index is 0.936. The Hall–Kier alpha value is 0. The Morgan fingerprint density at radius 2 is 1.17 bits per heavy atom. The molecule has 0 aromatic carbocycles. The first-order valence-corrected chi connectivity index (χ1v) is 8.63. The minimum Gasteiger partial charge on any atom is -0.0654 e. The Balaban J connectivity index is 3.48. The fourth-order valence-electron chi connectivity index (χ4n) is 2.88. The molecule has 0 amide bonds. The summed E-state index contributed by atoms with van der Waals surface area (Å²) in [5.41, 5.74) is 0. The monoisotopic (exact) mass is 254 g/mol. The zero-order valence-corrected chi connectivity index (χ0v) is 13.8. The van der Waals surface area contributed by atoms with E-state index in [9.17, 15) is 0 Å². The van der Waals surface area contributed by atoms with E-state index < -0.39 is 0 Å². The van der Waals surface area contributed by atoms with Gasteiger partial charge in [0.2, 0.25) is 0 Å². The first-order chi connectivity index (χ1) is 8.63. The van der Waals surface area contributed by atoms with Gasteiger partial charge in [0, 0.05) is 0 Å². The topological polar surface area (TPSA) is 0 Å². The van der Waals surface area contributed by atoms with Crippen molar-refractivity contribution in [1.82, 2.24) is 0 Å². The van der Waals surface area contributed by atoms with Crippen molar-refractivity contribution in [3.05, 3.63) is 0 Å². The van der Waals surface area contributed by atoms with Gasteiger partial charge >= 0.3 is 0 Å². The zero-order chi connectivity index (χ0) is 13.8. The summed E-state index contributed by atoms with van der Waals surface area (Å²) in [6.45, 7) is 11.8. The lowest BCUT2D eigenvalue weighted by molar-refractivity contribution is 0.368. The van der Waals surface area contributed by atoms with Gasteiger partial charge in [0.05, 0.1) is 0 Å². The standard InChI is InChI=1S/C18H38/c1-6-11-18(8-3)15-10-14-17(5)13-9-12-16(4)7-2/h16-18H,6-15H2,1-5H3. The maximum Gasteiger partial charge on any atom is -0.0417 e.